The first-order valence-corrected chi connectivity index (χ1v) is 7.43. The molecule has 0 saturated carbocycles. The van der Waals surface area contributed by atoms with Gasteiger partial charge in [-0.15, -0.1) is 5.10 Å². The van der Waals surface area contributed by atoms with E-state index in [9.17, 15) is 0 Å². The van der Waals surface area contributed by atoms with Gasteiger partial charge in [0.15, 0.2) is 0 Å². The van der Waals surface area contributed by atoms with Gasteiger partial charge in [-0.3, -0.25) is 0 Å². The van der Waals surface area contributed by atoms with Gasteiger partial charge in [0, 0.05) is 18.1 Å². The zero-order chi connectivity index (χ0) is 15.1. The third-order valence-corrected chi connectivity index (χ3v) is 3.20. The monoisotopic (exact) mass is 305 g/mol. The lowest BCUT2D eigenvalue weighted by Crippen LogP contribution is -2.10. The topological polar surface area (TPSA) is 62.7 Å². The fourth-order valence-electron chi connectivity index (χ4n) is 1.74. The van der Waals surface area contributed by atoms with Crippen LogP contribution in [0.25, 0.3) is 0 Å². The first-order valence-electron chi connectivity index (χ1n) is 7.05. The molecule has 0 saturated heterocycles. The number of benzene rings is 1. The van der Waals surface area contributed by atoms with E-state index in [2.05, 4.69) is 39.7 Å². The average Bonchev–Trinajstić information content (AvgIpc) is 2.47. The Morgan fingerprint density at radius 3 is 2.62 bits per heavy atom. The van der Waals surface area contributed by atoms with Crippen LogP contribution >= 0.6 is 11.6 Å². The van der Waals surface area contributed by atoms with Gasteiger partial charge in [-0.2, -0.15) is 10.1 Å². The van der Waals surface area contributed by atoms with Crippen LogP contribution in [0.4, 0.5) is 11.8 Å². The van der Waals surface area contributed by atoms with Crippen LogP contribution in [0.15, 0.2) is 30.5 Å². The Morgan fingerprint density at radius 1 is 1.14 bits per heavy atom. The lowest BCUT2D eigenvalue weighted by molar-refractivity contribution is 0.606. The summed E-state index contributed by atoms with van der Waals surface area (Å²) in [4.78, 5) is 4.38. The lowest BCUT2D eigenvalue weighted by atomic mass is 10.1. The van der Waals surface area contributed by atoms with Crippen LogP contribution in [-0.4, -0.2) is 21.7 Å². The minimum Gasteiger partial charge on any atom is -0.369 e. The zero-order valence-corrected chi connectivity index (χ0v) is 13.1. The highest BCUT2D eigenvalue weighted by atomic mass is 35.5. The first-order chi connectivity index (χ1) is 10.1. The molecule has 0 aliphatic heterocycles. The molecule has 0 aliphatic rings. The molecule has 0 bridgehead atoms. The van der Waals surface area contributed by atoms with Crippen molar-refractivity contribution < 1.29 is 0 Å². The molecule has 0 unspecified atom stereocenters. The maximum Gasteiger partial charge on any atom is 0.244 e. The molecule has 0 radical (unpaired) electrons. The van der Waals surface area contributed by atoms with E-state index in [4.69, 9.17) is 11.6 Å². The Bertz CT molecular complexity index is 556. The molecule has 2 aromatic rings. The molecule has 0 spiro atoms. The molecular formula is C15H20ClN5. The van der Waals surface area contributed by atoms with Crippen LogP contribution in [0.5, 0.6) is 0 Å². The van der Waals surface area contributed by atoms with Crippen LogP contribution in [0.1, 0.15) is 25.8 Å². The highest BCUT2D eigenvalue weighted by molar-refractivity contribution is 6.30. The predicted molar refractivity (Wildman–Crippen MR) is 86.6 cm³/mol. The number of halogens is 1. The van der Waals surface area contributed by atoms with Crippen molar-refractivity contribution in [1.82, 2.24) is 15.2 Å². The summed E-state index contributed by atoms with van der Waals surface area (Å²) in [6.07, 6.45) is 2.73. The number of nitrogens with zero attached hydrogens (tertiary/aromatic N) is 3. The number of rotatable bonds is 7. The van der Waals surface area contributed by atoms with Crippen LogP contribution in [-0.2, 0) is 6.54 Å². The van der Waals surface area contributed by atoms with Crippen molar-refractivity contribution in [3.8, 4) is 0 Å². The van der Waals surface area contributed by atoms with E-state index in [1.807, 2.05) is 24.3 Å². The summed E-state index contributed by atoms with van der Waals surface area (Å²) >= 11 is 5.86. The molecule has 0 atom stereocenters. The van der Waals surface area contributed by atoms with Crippen molar-refractivity contribution in [2.75, 3.05) is 17.2 Å². The van der Waals surface area contributed by atoms with Gasteiger partial charge in [0.05, 0.1) is 6.20 Å². The van der Waals surface area contributed by atoms with Gasteiger partial charge in [0.1, 0.15) is 5.82 Å². The Kier molecular flexibility index (Phi) is 5.75. The number of nitrogens with one attached hydrogen (secondary N) is 2. The molecule has 21 heavy (non-hydrogen) atoms. The molecule has 1 aromatic heterocycles. The highest BCUT2D eigenvalue weighted by Gasteiger charge is 2.01. The summed E-state index contributed by atoms with van der Waals surface area (Å²) in [7, 11) is 0. The third-order valence-electron chi connectivity index (χ3n) is 2.95. The fourth-order valence-corrected chi connectivity index (χ4v) is 1.86. The number of hydrogen-bond donors (Lipinski definition) is 2. The van der Waals surface area contributed by atoms with Gasteiger partial charge in [-0.1, -0.05) is 37.6 Å². The van der Waals surface area contributed by atoms with E-state index < -0.39 is 0 Å². The summed E-state index contributed by atoms with van der Waals surface area (Å²) < 4.78 is 0. The number of anilines is 2. The van der Waals surface area contributed by atoms with Gasteiger partial charge >= 0.3 is 0 Å². The second kappa shape index (κ2) is 7.78. The lowest BCUT2D eigenvalue weighted by Gasteiger charge is -2.09. The minimum atomic E-state index is 0.513. The zero-order valence-electron chi connectivity index (χ0n) is 12.3. The van der Waals surface area contributed by atoms with Crippen molar-refractivity contribution in [1.29, 1.82) is 0 Å². The van der Waals surface area contributed by atoms with E-state index in [1.54, 1.807) is 6.20 Å². The van der Waals surface area contributed by atoms with E-state index in [0.29, 0.717) is 18.4 Å². The van der Waals surface area contributed by atoms with Crippen molar-refractivity contribution >= 4 is 23.4 Å². The predicted octanol–water partition coefficient (Wildman–Crippen LogP) is 3.60. The molecule has 2 N–H and O–H groups in total. The van der Waals surface area contributed by atoms with Crippen molar-refractivity contribution in [2.24, 2.45) is 5.92 Å². The molecule has 5 nitrogen and oxygen atoms in total. The molecule has 0 amide bonds. The molecule has 0 aliphatic carbocycles. The Balaban J connectivity index is 1.87. The maximum absolute atomic E-state index is 5.86. The number of hydrogen-bond acceptors (Lipinski definition) is 5. The van der Waals surface area contributed by atoms with E-state index in [1.165, 1.54) is 0 Å². The fraction of sp³-hybridized carbons (Fsp3) is 0.400. The summed E-state index contributed by atoms with van der Waals surface area (Å²) in [5.41, 5.74) is 1.11. The van der Waals surface area contributed by atoms with Gasteiger partial charge in [0.2, 0.25) is 5.95 Å². The Morgan fingerprint density at radius 2 is 1.90 bits per heavy atom. The average molecular weight is 306 g/mol. The van der Waals surface area contributed by atoms with Gasteiger partial charge in [-0.05, 0) is 30.0 Å². The van der Waals surface area contributed by atoms with Crippen LogP contribution < -0.4 is 10.6 Å². The largest absolute Gasteiger partial charge is 0.369 e. The quantitative estimate of drug-likeness (QED) is 0.818. The summed E-state index contributed by atoms with van der Waals surface area (Å²) in [6.45, 7) is 5.90. The number of aromatic nitrogens is 3. The molecule has 6 heteroatoms. The molecule has 1 aromatic carbocycles. The second-order valence-electron chi connectivity index (χ2n) is 5.25. The minimum absolute atomic E-state index is 0.513. The third kappa shape index (κ3) is 5.55. The molecule has 1 heterocycles. The highest BCUT2D eigenvalue weighted by Crippen LogP contribution is 2.11. The van der Waals surface area contributed by atoms with Crippen LogP contribution in [0, 0.1) is 5.92 Å². The Labute approximate surface area is 130 Å². The maximum atomic E-state index is 5.86. The van der Waals surface area contributed by atoms with E-state index >= 15 is 0 Å². The smallest absolute Gasteiger partial charge is 0.244 e. The second-order valence-corrected chi connectivity index (χ2v) is 5.69. The van der Waals surface area contributed by atoms with E-state index in [0.717, 1.165) is 29.4 Å². The standard InChI is InChI=1S/C15H20ClN5/c1-11(2)7-8-17-14-10-19-21-15(20-14)18-9-12-3-5-13(16)6-4-12/h3-6,10-11H,7-9H2,1-2H3,(H2,17,18,20,21). The summed E-state index contributed by atoms with van der Waals surface area (Å²) in [5.74, 6) is 1.92. The SMILES string of the molecule is CC(C)CCNc1cnnc(NCc2ccc(Cl)cc2)n1. The molecule has 0 fully saturated rings. The van der Waals surface area contributed by atoms with Crippen molar-refractivity contribution in [3.05, 3.63) is 41.0 Å². The van der Waals surface area contributed by atoms with Crippen molar-refractivity contribution in [2.45, 2.75) is 26.8 Å². The van der Waals surface area contributed by atoms with Crippen LogP contribution in [0.2, 0.25) is 5.02 Å². The molecule has 112 valence electrons. The van der Waals surface area contributed by atoms with Gasteiger partial charge in [0.25, 0.3) is 0 Å². The van der Waals surface area contributed by atoms with Gasteiger partial charge < -0.3 is 10.6 Å². The Hall–Kier alpha value is -1.88. The van der Waals surface area contributed by atoms with Crippen LogP contribution in [0.3, 0.4) is 0 Å². The van der Waals surface area contributed by atoms with Crippen molar-refractivity contribution in [3.63, 3.8) is 0 Å². The van der Waals surface area contributed by atoms with Gasteiger partial charge in [-0.25, -0.2) is 0 Å². The summed E-state index contributed by atoms with van der Waals surface area (Å²) in [6, 6.07) is 7.66. The van der Waals surface area contributed by atoms with E-state index in [-0.39, 0.29) is 0 Å². The first kappa shape index (κ1) is 15.5. The molecular weight excluding hydrogens is 286 g/mol. The molecule has 2 rings (SSSR count). The summed E-state index contributed by atoms with van der Waals surface area (Å²) in [5, 5.41) is 15.1. The normalized spacial score (nSPS) is 10.7.